The maximum absolute atomic E-state index is 12.7. The molecule has 2 aromatic rings. The number of hydrogen-bond acceptors (Lipinski definition) is 5. The molecule has 1 amide bonds. The number of pyridine rings is 1. The van der Waals surface area contributed by atoms with Crippen LogP contribution in [-0.2, 0) is 16.1 Å². The van der Waals surface area contributed by atoms with Crippen molar-refractivity contribution in [3.05, 3.63) is 59.9 Å². The third-order valence-electron chi connectivity index (χ3n) is 5.85. The molecule has 2 atom stereocenters. The van der Waals surface area contributed by atoms with Crippen LogP contribution in [0.2, 0.25) is 0 Å². The fraction of sp³-hybridized carbons (Fsp3) is 0.500. The van der Waals surface area contributed by atoms with Crippen molar-refractivity contribution in [1.29, 1.82) is 0 Å². The molecule has 0 spiro atoms. The summed E-state index contributed by atoms with van der Waals surface area (Å²) in [6.45, 7) is 7.68. The molecule has 162 valence electrons. The Balaban J connectivity index is 1.85. The lowest BCUT2D eigenvalue weighted by Gasteiger charge is -2.31. The summed E-state index contributed by atoms with van der Waals surface area (Å²) < 4.78 is 10.8. The van der Waals surface area contributed by atoms with Crippen LogP contribution in [0.4, 0.5) is 0 Å². The minimum absolute atomic E-state index is 0.0406. The van der Waals surface area contributed by atoms with Crippen molar-refractivity contribution in [2.75, 3.05) is 40.5 Å². The van der Waals surface area contributed by atoms with Gasteiger partial charge in [0, 0.05) is 57.6 Å². The van der Waals surface area contributed by atoms with Gasteiger partial charge in [-0.2, -0.15) is 0 Å². The molecule has 6 nitrogen and oxygen atoms in total. The normalized spacial score (nSPS) is 19.2. The van der Waals surface area contributed by atoms with Gasteiger partial charge in [-0.3, -0.25) is 14.7 Å². The fourth-order valence-electron chi connectivity index (χ4n) is 4.41. The summed E-state index contributed by atoms with van der Waals surface area (Å²) in [4.78, 5) is 21.2. The van der Waals surface area contributed by atoms with Crippen LogP contribution >= 0.6 is 0 Å². The van der Waals surface area contributed by atoms with Crippen molar-refractivity contribution < 1.29 is 14.3 Å². The highest BCUT2D eigenvalue weighted by Gasteiger charge is 2.37. The summed E-state index contributed by atoms with van der Waals surface area (Å²) in [6.07, 6.45) is 3.68. The highest BCUT2D eigenvalue weighted by atomic mass is 16.5. The van der Waals surface area contributed by atoms with Crippen molar-refractivity contribution in [2.45, 2.75) is 32.4 Å². The number of carbonyl (C=O) groups is 1. The topological polar surface area (TPSA) is 54.9 Å². The van der Waals surface area contributed by atoms with E-state index in [0.717, 1.165) is 25.4 Å². The third kappa shape index (κ3) is 5.37. The Labute approximate surface area is 179 Å². The number of para-hydroxylation sites is 1. The highest BCUT2D eigenvalue weighted by molar-refractivity contribution is 5.77. The van der Waals surface area contributed by atoms with Crippen molar-refractivity contribution in [3.63, 3.8) is 0 Å². The highest BCUT2D eigenvalue weighted by Crippen LogP contribution is 2.38. The molecule has 1 fully saturated rings. The number of nitrogens with zero attached hydrogens (tertiary/aromatic N) is 3. The Hall–Kier alpha value is -2.44. The second kappa shape index (κ2) is 10.5. The van der Waals surface area contributed by atoms with Crippen molar-refractivity contribution in [1.82, 2.24) is 14.8 Å². The van der Waals surface area contributed by atoms with Crippen LogP contribution in [0.5, 0.6) is 5.75 Å². The molecule has 1 aromatic carbocycles. The molecule has 1 saturated heterocycles. The Morgan fingerprint density at radius 1 is 1.17 bits per heavy atom. The van der Waals surface area contributed by atoms with Crippen LogP contribution in [0.1, 0.15) is 30.9 Å². The van der Waals surface area contributed by atoms with Crippen LogP contribution in [0.25, 0.3) is 0 Å². The molecule has 1 aliphatic heterocycles. The number of rotatable bonds is 9. The predicted molar refractivity (Wildman–Crippen MR) is 117 cm³/mol. The lowest BCUT2D eigenvalue weighted by atomic mass is 9.87. The molecule has 0 N–H and O–H groups in total. The Morgan fingerprint density at radius 2 is 1.90 bits per heavy atom. The van der Waals surface area contributed by atoms with Gasteiger partial charge in [0.25, 0.3) is 0 Å². The number of aromatic nitrogens is 1. The zero-order chi connectivity index (χ0) is 21.5. The molecule has 0 radical (unpaired) electrons. The minimum Gasteiger partial charge on any atom is -0.496 e. The number of likely N-dealkylation sites (tertiary alicyclic amines) is 1. The molecule has 6 heteroatoms. The van der Waals surface area contributed by atoms with E-state index in [1.54, 1.807) is 14.2 Å². The standard InChI is InChI=1S/C24H33N3O3/c1-18(2)27(24(28)17-29-3)15-20-14-26(13-19-9-11-25-12-10-19)16-22(20)21-7-5-6-8-23(21)30-4/h5-12,18,20,22H,13-17H2,1-4H3. The Kier molecular flexibility index (Phi) is 7.82. The molecule has 30 heavy (non-hydrogen) atoms. The van der Waals surface area contributed by atoms with E-state index in [1.807, 2.05) is 29.4 Å². The predicted octanol–water partition coefficient (Wildman–Crippen LogP) is 3.19. The molecule has 3 rings (SSSR count). The van der Waals surface area contributed by atoms with Gasteiger partial charge < -0.3 is 14.4 Å². The molecular weight excluding hydrogens is 378 g/mol. The summed E-state index contributed by atoms with van der Waals surface area (Å²) in [7, 11) is 3.29. The smallest absolute Gasteiger partial charge is 0.248 e. The number of hydrogen-bond donors (Lipinski definition) is 0. The van der Waals surface area contributed by atoms with E-state index < -0.39 is 0 Å². The van der Waals surface area contributed by atoms with Crippen molar-refractivity contribution in [2.24, 2.45) is 5.92 Å². The van der Waals surface area contributed by atoms with Gasteiger partial charge in [-0.15, -0.1) is 0 Å². The van der Waals surface area contributed by atoms with Crippen LogP contribution in [0.3, 0.4) is 0 Å². The summed E-state index contributed by atoms with van der Waals surface area (Å²) in [5.74, 6) is 1.56. The maximum Gasteiger partial charge on any atom is 0.248 e. The van der Waals surface area contributed by atoms with Crippen molar-refractivity contribution >= 4 is 5.91 Å². The number of carbonyl (C=O) groups excluding carboxylic acids is 1. The van der Waals surface area contributed by atoms with Crippen molar-refractivity contribution in [3.8, 4) is 5.75 Å². The van der Waals surface area contributed by atoms with Gasteiger partial charge >= 0.3 is 0 Å². The van der Waals surface area contributed by atoms with Crippen LogP contribution in [0.15, 0.2) is 48.8 Å². The zero-order valence-corrected chi connectivity index (χ0v) is 18.5. The number of amides is 1. The molecule has 0 saturated carbocycles. The van der Waals surface area contributed by atoms with Gasteiger partial charge in [-0.05, 0) is 49.1 Å². The second-order valence-corrected chi connectivity index (χ2v) is 8.23. The quantitative estimate of drug-likeness (QED) is 0.634. The lowest BCUT2D eigenvalue weighted by Crippen LogP contribution is -2.43. The average molecular weight is 412 g/mol. The maximum atomic E-state index is 12.7. The molecule has 0 bridgehead atoms. The van der Waals surface area contributed by atoms with Gasteiger partial charge in [0.15, 0.2) is 0 Å². The molecule has 1 aliphatic rings. The Bertz CT molecular complexity index is 812. The molecule has 2 unspecified atom stereocenters. The van der Waals surface area contributed by atoms with E-state index in [1.165, 1.54) is 11.1 Å². The minimum atomic E-state index is 0.0406. The van der Waals surface area contributed by atoms with Gasteiger partial charge in [0.1, 0.15) is 12.4 Å². The largest absolute Gasteiger partial charge is 0.496 e. The first-order valence-electron chi connectivity index (χ1n) is 10.6. The van der Waals surface area contributed by atoms with E-state index in [4.69, 9.17) is 9.47 Å². The summed E-state index contributed by atoms with van der Waals surface area (Å²) in [6, 6.07) is 12.5. The van der Waals surface area contributed by atoms with E-state index >= 15 is 0 Å². The molecular formula is C24H33N3O3. The lowest BCUT2D eigenvalue weighted by molar-refractivity contribution is -0.137. The average Bonchev–Trinajstić information content (AvgIpc) is 3.14. The van der Waals surface area contributed by atoms with Gasteiger partial charge in [0.2, 0.25) is 5.91 Å². The number of ether oxygens (including phenoxy) is 2. The van der Waals surface area contributed by atoms with Crippen LogP contribution < -0.4 is 4.74 Å². The monoisotopic (exact) mass is 411 g/mol. The Morgan fingerprint density at radius 3 is 2.57 bits per heavy atom. The van der Waals surface area contributed by atoms with E-state index in [0.29, 0.717) is 18.4 Å². The first-order chi connectivity index (χ1) is 14.5. The van der Waals surface area contributed by atoms with Gasteiger partial charge in [0.05, 0.1) is 7.11 Å². The second-order valence-electron chi connectivity index (χ2n) is 8.23. The number of methoxy groups -OCH3 is 2. The first-order valence-corrected chi connectivity index (χ1v) is 10.6. The van der Waals surface area contributed by atoms with E-state index in [2.05, 4.69) is 48.0 Å². The van der Waals surface area contributed by atoms with E-state index in [-0.39, 0.29) is 18.6 Å². The molecule has 1 aromatic heterocycles. The van der Waals surface area contributed by atoms with Gasteiger partial charge in [-0.25, -0.2) is 0 Å². The van der Waals surface area contributed by atoms with E-state index in [9.17, 15) is 4.79 Å². The molecule has 0 aliphatic carbocycles. The third-order valence-corrected chi connectivity index (χ3v) is 5.85. The van der Waals surface area contributed by atoms with Gasteiger partial charge in [-0.1, -0.05) is 18.2 Å². The summed E-state index contributed by atoms with van der Waals surface area (Å²) in [5, 5.41) is 0. The number of benzene rings is 1. The molecule has 2 heterocycles. The first kappa shape index (κ1) is 22.2. The SMILES string of the molecule is COCC(=O)N(CC1CN(Cc2ccncc2)CC1c1ccccc1OC)C(C)C. The van der Waals surface area contributed by atoms with Crippen LogP contribution in [-0.4, -0.2) is 67.2 Å². The van der Waals surface area contributed by atoms with Crippen LogP contribution in [0, 0.1) is 5.92 Å². The summed E-state index contributed by atoms with van der Waals surface area (Å²) >= 11 is 0. The zero-order valence-electron chi connectivity index (χ0n) is 18.5. The summed E-state index contributed by atoms with van der Waals surface area (Å²) in [5.41, 5.74) is 2.46. The fourth-order valence-corrected chi connectivity index (χ4v) is 4.41.